The zero-order valence-electron chi connectivity index (χ0n) is 20.7. The maximum Gasteiger partial charge on any atom is 0.170 e. The van der Waals surface area contributed by atoms with Crippen molar-refractivity contribution in [1.82, 2.24) is 24.7 Å². The van der Waals surface area contributed by atoms with Crippen LogP contribution in [0.3, 0.4) is 0 Å². The van der Waals surface area contributed by atoms with E-state index in [1.165, 1.54) is 49.1 Å². The summed E-state index contributed by atoms with van der Waals surface area (Å²) < 4.78 is 8.14. The van der Waals surface area contributed by atoms with E-state index in [2.05, 4.69) is 51.7 Å². The molecule has 7 heteroatoms. The highest BCUT2D eigenvalue weighted by molar-refractivity contribution is 7.80. The van der Waals surface area contributed by atoms with E-state index in [9.17, 15) is 0 Å². The van der Waals surface area contributed by atoms with Gasteiger partial charge in [-0.2, -0.15) is 0 Å². The molecule has 5 rings (SSSR count). The molecule has 2 saturated heterocycles. The Morgan fingerprint density at radius 1 is 1.09 bits per heavy atom. The van der Waals surface area contributed by atoms with Gasteiger partial charge in [0.2, 0.25) is 0 Å². The number of ether oxygens (including phenoxy) is 1. The van der Waals surface area contributed by atoms with Crippen molar-refractivity contribution in [2.24, 2.45) is 0 Å². The molecule has 0 radical (unpaired) electrons. The summed E-state index contributed by atoms with van der Waals surface area (Å²) >= 11 is 5.92. The van der Waals surface area contributed by atoms with Crippen LogP contribution in [0, 0.1) is 13.8 Å². The second-order valence-corrected chi connectivity index (χ2v) is 10.5. The van der Waals surface area contributed by atoms with Gasteiger partial charge in [0.1, 0.15) is 0 Å². The zero-order valence-corrected chi connectivity index (χ0v) is 21.5. The molecule has 4 heterocycles. The fourth-order valence-electron chi connectivity index (χ4n) is 6.28. The Bertz CT molecular complexity index is 965. The molecule has 34 heavy (non-hydrogen) atoms. The Labute approximate surface area is 209 Å². The molecule has 2 atom stereocenters. The lowest BCUT2D eigenvalue weighted by atomic mass is 9.94. The lowest BCUT2D eigenvalue weighted by Crippen LogP contribution is -2.39. The summed E-state index contributed by atoms with van der Waals surface area (Å²) in [4.78, 5) is 9.67. The number of hydrogen-bond acceptors (Lipinski definition) is 4. The number of nitrogens with zero attached hydrogens (tertiary/aromatic N) is 4. The predicted molar refractivity (Wildman–Crippen MR) is 140 cm³/mol. The molecule has 0 amide bonds. The molecule has 1 N–H and O–H groups in total. The van der Waals surface area contributed by atoms with E-state index in [4.69, 9.17) is 21.9 Å². The van der Waals surface area contributed by atoms with Crippen molar-refractivity contribution >= 4 is 17.3 Å². The maximum absolute atomic E-state index is 5.92. The van der Waals surface area contributed by atoms with Crippen molar-refractivity contribution in [3.8, 4) is 0 Å². The quantitative estimate of drug-likeness (QED) is 0.579. The maximum atomic E-state index is 5.92. The molecule has 3 fully saturated rings. The number of pyridine rings is 1. The fourth-order valence-corrected chi connectivity index (χ4v) is 6.61. The third kappa shape index (κ3) is 4.88. The molecule has 3 aliphatic rings. The Kier molecular flexibility index (Phi) is 7.52. The first kappa shape index (κ1) is 23.8. The van der Waals surface area contributed by atoms with Crippen LogP contribution in [0.2, 0.25) is 0 Å². The predicted octanol–water partition coefficient (Wildman–Crippen LogP) is 4.70. The standard InChI is InChI=1S/C27H39N5OS/c1-20-19-23(21(2)32(20)22-9-4-3-5-10-22)26-25(24-11-6-7-12-28-24)29-27(34)31(26)14-8-13-30-15-17-33-18-16-30/h6-7,11-12,19,22,25-26H,3-5,8-10,13-18H2,1-2H3,(H,29,34)/t25-,26-/m0/s1. The van der Waals surface area contributed by atoms with Crippen LogP contribution in [-0.2, 0) is 4.74 Å². The first-order valence-corrected chi connectivity index (χ1v) is 13.5. The van der Waals surface area contributed by atoms with E-state index < -0.39 is 0 Å². The highest BCUT2D eigenvalue weighted by atomic mass is 32.1. The third-order valence-corrected chi connectivity index (χ3v) is 8.31. The second-order valence-electron chi connectivity index (χ2n) is 10.1. The summed E-state index contributed by atoms with van der Waals surface area (Å²) in [5, 5.41) is 4.50. The minimum Gasteiger partial charge on any atom is -0.379 e. The Morgan fingerprint density at radius 2 is 1.88 bits per heavy atom. The minimum absolute atomic E-state index is 0.0670. The van der Waals surface area contributed by atoms with Crippen molar-refractivity contribution in [3.05, 3.63) is 53.1 Å². The van der Waals surface area contributed by atoms with Crippen molar-refractivity contribution in [1.29, 1.82) is 0 Å². The lowest BCUT2D eigenvalue weighted by molar-refractivity contribution is 0.0365. The molecule has 0 spiro atoms. The van der Waals surface area contributed by atoms with E-state index in [1.807, 2.05) is 12.3 Å². The molecule has 1 aliphatic carbocycles. The molecule has 0 bridgehead atoms. The monoisotopic (exact) mass is 481 g/mol. The van der Waals surface area contributed by atoms with Crippen molar-refractivity contribution < 1.29 is 4.74 Å². The van der Waals surface area contributed by atoms with Crippen LogP contribution in [0.5, 0.6) is 0 Å². The van der Waals surface area contributed by atoms with Gasteiger partial charge in [0, 0.05) is 49.8 Å². The summed E-state index contributed by atoms with van der Waals surface area (Å²) in [5.74, 6) is 0. The summed E-state index contributed by atoms with van der Waals surface area (Å²) in [6, 6.07) is 9.48. The average molecular weight is 482 g/mol. The van der Waals surface area contributed by atoms with Gasteiger partial charge in [-0.1, -0.05) is 25.3 Å². The van der Waals surface area contributed by atoms with Crippen LogP contribution in [0.1, 0.15) is 79.3 Å². The van der Waals surface area contributed by atoms with Gasteiger partial charge in [-0.3, -0.25) is 9.88 Å². The summed E-state index contributed by atoms with van der Waals surface area (Å²) in [7, 11) is 0. The molecular formula is C27H39N5OS. The fraction of sp³-hybridized carbons (Fsp3) is 0.630. The summed E-state index contributed by atoms with van der Waals surface area (Å²) in [5.41, 5.74) is 5.25. The van der Waals surface area contributed by atoms with Crippen molar-refractivity contribution in [2.45, 2.75) is 70.5 Å². The largest absolute Gasteiger partial charge is 0.379 e. The SMILES string of the molecule is Cc1cc([C@H]2[C@H](c3ccccn3)NC(=S)N2CCCN2CCOCC2)c(C)n1C1CCCCC1. The first-order chi connectivity index (χ1) is 16.6. The van der Waals surface area contributed by atoms with Crippen LogP contribution in [0.25, 0.3) is 0 Å². The smallest absolute Gasteiger partial charge is 0.170 e. The van der Waals surface area contributed by atoms with Crippen molar-refractivity contribution in [3.63, 3.8) is 0 Å². The highest BCUT2D eigenvalue weighted by Crippen LogP contribution is 2.42. The van der Waals surface area contributed by atoms with Gasteiger partial charge >= 0.3 is 0 Å². The van der Waals surface area contributed by atoms with Gasteiger partial charge in [0.15, 0.2) is 5.11 Å². The number of hydrogen-bond donors (Lipinski definition) is 1. The number of nitrogens with one attached hydrogen (secondary N) is 1. The minimum atomic E-state index is 0.0670. The molecule has 2 aromatic rings. The van der Waals surface area contributed by atoms with Crippen molar-refractivity contribution in [2.75, 3.05) is 39.4 Å². The van der Waals surface area contributed by atoms with Gasteiger partial charge in [-0.05, 0) is 69.1 Å². The zero-order chi connectivity index (χ0) is 23.5. The Balaban J connectivity index is 1.42. The third-order valence-electron chi connectivity index (χ3n) is 7.96. The van der Waals surface area contributed by atoms with Gasteiger partial charge in [-0.25, -0.2) is 0 Å². The van der Waals surface area contributed by atoms with E-state index in [-0.39, 0.29) is 12.1 Å². The Hall–Kier alpha value is -1.96. The van der Waals surface area contributed by atoms with Crippen LogP contribution in [0.15, 0.2) is 30.5 Å². The molecule has 0 unspecified atom stereocenters. The molecule has 0 aromatic carbocycles. The van der Waals surface area contributed by atoms with E-state index in [0.29, 0.717) is 6.04 Å². The molecular weight excluding hydrogens is 442 g/mol. The topological polar surface area (TPSA) is 45.6 Å². The van der Waals surface area contributed by atoms with Gasteiger partial charge in [-0.15, -0.1) is 0 Å². The molecule has 1 saturated carbocycles. The molecule has 184 valence electrons. The summed E-state index contributed by atoms with van der Waals surface area (Å²) in [6.45, 7) is 10.4. The van der Waals surface area contributed by atoms with Crippen LogP contribution in [-0.4, -0.2) is 63.9 Å². The van der Waals surface area contributed by atoms with Crippen LogP contribution >= 0.6 is 12.2 Å². The van der Waals surface area contributed by atoms with Crippen LogP contribution < -0.4 is 5.32 Å². The normalized spacial score (nSPS) is 24.5. The molecule has 2 aromatic heterocycles. The average Bonchev–Trinajstić information content (AvgIpc) is 3.35. The Morgan fingerprint density at radius 3 is 2.62 bits per heavy atom. The van der Waals surface area contributed by atoms with Gasteiger partial charge < -0.3 is 19.5 Å². The van der Waals surface area contributed by atoms with Gasteiger partial charge in [0.25, 0.3) is 0 Å². The highest BCUT2D eigenvalue weighted by Gasteiger charge is 2.41. The first-order valence-electron chi connectivity index (χ1n) is 13.1. The van der Waals surface area contributed by atoms with Gasteiger partial charge in [0.05, 0.1) is 31.0 Å². The van der Waals surface area contributed by atoms with E-state index in [1.54, 1.807) is 0 Å². The lowest BCUT2D eigenvalue weighted by Gasteiger charge is -2.31. The number of aromatic nitrogens is 2. The number of rotatable bonds is 7. The van der Waals surface area contributed by atoms with Crippen LogP contribution in [0.4, 0.5) is 0 Å². The number of thiocarbonyl (C=S) groups is 1. The number of aryl methyl sites for hydroxylation is 1. The second kappa shape index (κ2) is 10.8. The number of morpholine rings is 1. The molecule has 2 aliphatic heterocycles. The summed E-state index contributed by atoms with van der Waals surface area (Å²) in [6.07, 6.45) is 9.64. The molecule has 6 nitrogen and oxygen atoms in total. The van der Waals surface area contributed by atoms with E-state index >= 15 is 0 Å². The van der Waals surface area contributed by atoms with E-state index in [0.717, 1.165) is 56.6 Å².